The third kappa shape index (κ3) is 6.64. The zero-order valence-corrected chi connectivity index (χ0v) is 22.3. The number of aromatic amines is 1. The molecule has 0 amide bonds. The van der Waals surface area contributed by atoms with Crippen LogP contribution in [-0.2, 0) is 0 Å². The van der Waals surface area contributed by atoms with Crippen LogP contribution in [0.5, 0.6) is 11.5 Å². The van der Waals surface area contributed by atoms with Gasteiger partial charge in [-0.3, -0.25) is 5.43 Å². The number of nitrogens with one attached hydrogen (secondary N) is 2. The van der Waals surface area contributed by atoms with Crippen LogP contribution in [0.3, 0.4) is 0 Å². The summed E-state index contributed by atoms with van der Waals surface area (Å²) in [6, 6.07) is 31.1. The van der Waals surface area contributed by atoms with Crippen molar-refractivity contribution in [1.29, 1.82) is 0 Å². The molecule has 0 bridgehead atoms. The van der Waals surface area contributed by atoms with Crippen molar-refractivity contribution in [3.05, 3.63) is 113 Å². The molecule has 0 fully saturated rings. The summed E-state index contributed by atoms with van der Waals surface area (Å²) in [5.74, 6) is 1.63. The molecule has 0 saturated carbocycles. The second kappa shape index (κ2) is 12.3. The lowest BCUT2D eigenvalue weighted by atomic mass is 10.1. The molecule has 0 aliphatic carbocycles. The van der Waals surface area contributed by atoms with Gasteiger partial charge in [-0.2, -0.15) is 5.10 Å². The fraction of sp³-hybridized carbons (Fsp3) is 0.100. The number of hydrogen-bond donors (Lipinski definition) is 2. The molecule has 37 heavy (non-hydrogen) atoms. The minimum atomic E-state index is 0.691. The van der Waals surface area contributed by atoms with E-state index in [0.29, 0.717) is 5.02 Å². The van der Waals surface area contributed by atoms with Crippen LogP contribution in [0.25, 0.3) is 22.2 Å². The van der Waals surface area contributed by atoms with Crippen LogP contribution in [0.4, 0.5) is 5.69 Å². The van der Waals surface area contributed by atoms with Gasteiger partial charge in [0.25, 0.3) is 0 Å². The van der Waals surface area contributed by atoms with Crippen LogP contribution in [0.15, 0.2) is 102 Å². The first-order valence-corrected chi connectivity index (χ1v) is 12.3. The van der Waals surface area contributed by atoms with Crippen molar-refractivity contribution in [1.82, 2.24) is 4.98 Å². The monoisotopic (exact) mass is 531 g/mol. The lowest BCUT2D eigenvalue weighted by Crippen LogP contribution is -2.00. The maximum atomic E-state index is 6.20. The summed E-state index contributed by atoms with van der Waals surface area (Å²) in [5, 5.41) is 6.91. The molecule has 0 radical (unpaired) electrons. The van der Waals surface area contributed by atoms with Gasteiger partial charge < -0.3 is 14.5 Å². The predicted molar refractivity (Wildman–Crippen MR) is 156 cm³/mol. The number of fused-ring (bicyclic) bond motifs is 1. The first-order valence-electron chi connectivity index (χ1n) is 11.6. The normalized spacial score (nSPS) is 11.0. The van der Waals surface area contributed by atoms with Gasteiger partial charge >= 0.3 is 0 Å². The fourth-order valence-electron chi connectivity index (χ4n) is 3.71. The Balaban J connectivity index is 0.000000173. The number of halogens is 2. The molecule has 0 unspecified atom stereocenters. The van der Waals surface area contributed by atoms with Crippen molar-refractivity contribution in [2.45, 2.75) is 6.92 Å². The van der Waals surface area contributed by atoms with Gasteiger partial charge in [-0.05, 0) is 49.4 Å². The van der Waals surface area contributed by atoms with Crippen molar-refractivity contribution < 1.29 is 9.47 Å². The van der Waals surface area contributed by atoms with Gasteiger partial charge in [0.15, 0.2) is 0 Å². The van der Waals surface area contributed by atoms with Crippen molar-refractivity contribution >= 4 is 45.5 Å². The molecule has 0 atom stereocenters. The molecule has 0 saturated heterocycles. The zero-order chi connectivity index (χ0) is 26.2. The van der Waals surface area contributed by atoms with E-state index in [2.05, 4.69) is 21.6 Å². The van der Waals surface area contributed by atoms with Gasteiger partial charge in [-0.25, -0.2) is 0 Å². The molecule has 1 heterocycles. The van der Waals surface area contributed by atoms with Crippen molar-refractivity contribution in [2.24, 2.45) is 5.10 Å². The summed E-state index contributed by atoms with van der Waals surface area (Å²) in [6.45, 7) is 1.91. The van der Waals surface area contributed by atoms with Crippen LogP contribution >= 0.6 is 23.2 Å². The maximum absolute atomic E-state index is 6.20. The van der Waals surface area contributed by atoms with E-state index in [0.717, 1.165) is 55.6 Å². The Hall–Kier alpha value is -3.93. The first-order chi connectivity index (χ1) is 18.0. The third-order valence-corrected chi connectivity index (χ3v) is 6.34. The van der Waals surface area contributed by atoms with Crippen LogP contribution in [0.1, 0.15) is 12.5 Å². The molecule has 2 N–H and O–H groups in total. The van der Waals surface area contributed by atoms with E-state index in [1.54, 1.807) is 14.2 Å². The Kier molecular flexibility index (Phi) is 8.72. The standard InChI is InChI=1S/C15H15ClN2O.C15H12ClNO/c1-11(14-8-3-4-9-15(14)16)17-18-12-6-5-7-13(10-12)19-2;1-18-11-7-6-10-8-15(17-14(10)9-11)12-4-2-3-5-13(12)16/h3-10,18H,1-2H3;2-9,17H,1H3/b17-11+;. The average molecular weight is 532 g/mol. The zero-order valence-electron chi connectivity index (χ0n) is 20.8. The van der Waals surface area contributed by atoms with Gasteiger partial charge in [-0.15, -0.1) is 0 Å². The first kappa shape index (κ1) is 26.1. The SMILES string of the molecule is COc1ccc2cc(-c3ccccc3Cl)[nH]c2c1.COc1cccc(N/N=C(\C)c2ccccc2Cl)c1. The van der Waals surface area contributed by atoms with E-state index in [1.807, 2.05) is 97.9 Å². The Morgan fingerprint density at radius 2 is 1.46 bits per heavy atom. The summed E-state index contributed by atoms with van der Waals surface area (Å²) in [6.07, 6.45) is 0. The van der Waals surface area contributed by atoms with E-state index < -0.39 is 0 Å². The molecule has 5 rings (SSSR count). The smallest absolute Gasteiger partial charge is 0.120 e. The van der Waals surface area contributed by atoms with Crippen LogP contribution in [-0.4, -0.2) is 24.9 Å². The highest BCUT2D eigenvalue weighted by Crippen LogP contribution is 2.31. The second-order valence-electron chi connectivity index (χ2n) is 8.14. The van der Waals surface area contributed by atoms with Crippen molar-refractivity contribution in [3.63, 3.8) is 0 Å². The highest BCUT2D eigenvalue weighted by Gasteiger charge is 2.07. The Bertz CT molecular complexity index is 1530. The van der Waals surface area contributed by atoms with Gasteiger partial charge in [0, 0.05) is 49.9 Å². The van der Waals surface area contributed by atoms with E-state index >= 15 is 0 Å². The number of aromatic nitrogens is 1. The predicted octanol–water partition coefficient (Wildman–Crippen LogP) is 8.68. The molecule has 4 aromatic carbocycles. The summed E-state index contributed by atoms with van der Waals surface area (Å²) in [4.78, 5) is 3.36. The summed E-state index contributed by atoms with van der Waals surface area (Å²) in [7, 11) is 3.30. The molecule has 1 aromatic heterocycles. The molecule has 188 valence electrons. The fourth-order valence-corrected chi connectivity index (χ4v) is 4.22. The van der Waals surface area contributed by atoms with Crippen LogP contribution in [0.2, 0.25) is 10.0 Å². The van der Waals surface area contributed by atoms with Gasteiger partial charge in [0.1, 0.15) is 11.5 Å². The van der Waals surface area contributed by atoms with Gasteiger partial charge in [-0.1, -0.05) is 65.7 Å². The molecular weight excluding hydrogens is 505 g/mol. The Morgan fingerprint density at radius 3 is 2.19 bits per heavy atom. The maximum Gasteiger partial charge on any atom is 0.120 e. The van der Waals surface area contributed by atoms with E-state index in [-0.39, 0.29) is 0 Å². The lowest BCUT2D eigenvalue weighted by molar-refractivity contribution is 0.415. The quantitative estimate of drug-likeness (QED) is 0.170. The van der Waals surface area contributed by atoms with E-state index in [4.69, 9.17) is 32.7 Å². The summed E-state index contributed by atoms with van der Waals surface area (Å²) in [5.41, 5.74) is 8.68. The number of hydrogen-bond acceptors (Lipinski definition) is 4. The number of H-pyrrole nitrogens is 1. The third-order valence-electron chi connectivity index (χ3n) is 5.68. The molecule has 0 spiro atoms. The minimum Gasteiger partial charge on any atom is -0.497 e. The lowest BCUT2D eigenvalue weighted by Gasteiger charge is -2.06. The molecule has 0 aliphatic rings. The minimum absolute atomic E-state index is 0.691. The highest BCUT2D eigenvalue weighted by molar-refractivity contribution is 6.34. The highest BCUT2D eigenvalue weighted by atomic mass is 35.5. The topological polar surface area (TPSA) is 58.6 Å². The van der Waals surface area contributed by atoms with Gasteiger partial charge in [0.05, 0.1) is 25.6 Å². The molecular formula is C30H27Cl2N3O2. The number of ether oxygens (including phenoxy) is 2. The summed E-state index contributed by atoms with van der Waals surface area (Å²) >= 11 is 12.3. The van der Waals surface area contributed by atoms with E-state index in [9.17, 15) is 0 Å². The molecule has 5 nitrogen and oxygen atoms in total. The Morgan fingerprint density at radius 1 is 0.757 bits per heavy atom. The number of nitrogens with zero attached hydrogens (tertiary/aromatic N) is 1. The van der Waals surface area contributed by atoms with Crippen LogP contribution in [0, 0.1) is 0 Å². The number of benzene rings is 4. The number of hydrazone groups is 1. The van der Waals surface area contributed by atoms with Gasteiger partial charge in [0.2, 0.25) is 0 Å². The summed E-state index contributed by atoms with van der Waals surface area (Å²) < 4.78 is 10.4. The Labute approximate surface area is 226 Å². The number of methoxy groups -OCH3 is 2. The van der Waals surface area contributed by atoms with Crippen molar-refractivity contribution in [2.75, 3.05) is 19.6 Å². The molecule has 5 aromatic rings. The average Bonchev–Trinajstić information content (AvgIpc) is 3.36. The largest absolute Gasteiger partial charge is 0.497 e. The second-order valence-corrected chi connectivity index (χ2v) is 8.95. The number of anilines is 1. The number of rotatable bonds is 6. The van der Waals surface area contributed by atoms with E-state index in [1.165, 1.54) is 0 Å². The van der Waals surface area contributed by atoms with Crippen molar-refractivity contribution in [3.8, 4) is 22.8 Å². The molecule has 7 heteroatoms. The molecule has 0 aliphatic heterocycles. The van der Waals surface area contributed by atoms with Crippen LogP contribution < -0.4 is 14.9 Å².